The summed E-state index contributed by atoms with van der Waals surface area (Å²) in [5.74, 6) is 0. The van der Waals surface area contributed by atoms with Crippen molar-refractivity contribution in [1.82, 2.24) is 0 Å². The number of hydrogen-bond acceptors (Lipinski definition) is 1. The summed E-state index contributed by atoms with van der Waals surface area (Å²) in [6.07, 6.45) is 1.04. The molecule has 39 heavy (non-hydrogen) atoms. The van der Waals surface area contributed by atoms with Gasteiger partial charge in [-0.15, -0.1) is 11.3 Å². The van der Waals surface area contributed by atoms with E-state index in [0.29, 0.717) is 0 Å². The largest absolute Gasteiger partial charge is 0.135 e. The molecule has 1 heteroatoms. The number of aryl methyl sites for hydroxylation is 1. The lowest BCUT2D eigenvalue weighted by Gasteiger charge is -2.11. The van der Waals surface area contributed by atoms with Crippen LogP contribution in [0.2, 0.25) is 0 Å². The third-order valence-corrected chi connectivity index (χ3v) is 8.85. The second-order valence-electron chi connectivity index (χ2n) is 10.1. The van der Waals surface area contributed by atoms with Gasteiger partial charge in [0.25, 0.3) is 0 Å². The molecule has 0 aliphatic carbocycles. The summed E-state index contributed by atoms with van der Waals surface area (Å²) in [5, 5.41) is 2.64. The monoisotopic (exact) mass is 516 g/mol. The lowest BCUT2D eigenvalue weighted by atomic mass is 9.93. The SMILES string of the molecule is CCc1cccc(-c2cccc(-c3cc(-c4ccccc4)cc4c3sc3ccc(-c5ccccc5)cc34)c2)c1. The first-order valence-corrected chi connectivity index (χ1v) is 14.4. The van der Waals surface area contributed by atoms with Gasteiger partial charge in [0.1, 0.15) is 0 Å². The van der Waals surface area contributed by atoms with Crippen LogP contribution in [0, 0.1) is 0 Å². The molecule has 1 heterocycles. The maximum absolute atomic E-state index is 2.39. The van der Waals surface area contributed by atoms with E-state index in [0.717, 1.165) is 6.42 Å². The lowest BCUT2D eigenvalue weighted by molar-refractivity contribution is 1.14. The summed E-state index contributed by atoms with van der Waals surface area (Å²) in [7, 11) is 0. The quantitative estimate of drug-likeness (QED) is 0.213. The topological polar surface area (TPSA) is 0 Å². The molecule has 0 aliphatic heterocycles. The van der Waals surface area contributed by atoms with E-state index in [-0.39, 0.29) is 0 Å². The van der Waals surface area contributed by atoms with Gasteiger partial charge in [0.15, 0.2) is 0 Å². The van der Waals surface area contributed by atoms with Crippen LogP contribution in [0.4, 0.5) is 0 Å². The summed E-state index contributed by atoms with van der Waals surface area (Å²) >= 11 is 1.90. The van der Waals surface area contributed by atoms with Gasteiger partial charge in [-0.25, -0.2) is 0 Å². The molecule has 0 atom stereocenters. The molecule has 0 aliphatic rings. The van der Waals surface area contributed by atoms with Crippen molar-refractivity contribution in [1.29, 1.82) is 0 Å². The summed E-state index contributed by atoms with van der Waals surface area (Å²) in [4.78, 5) is 0. The van der Waals surface area contributed by atoms with E-state index >= 15 is 0 Å². The summed E-state index contributed by atoms with van der Waals surface area (Å²) < 4.78 is 2.66. The van der Waals surface area contributed by atoms with Crippen LogP contribution in [0.5, 0.6) is 0 Å². The zero-order valence-corrected chi connectivity index (χ0v) is 22.7. The Kier molecular flexibility index (Phi) is 6.07. The summed E-state index contributed by atoms with van der Waals surface area (Å²) in [5.41, 5.74) is 11.4. The lowest BCUT2D eigenvalue weighted by Crippen LogP contribution is -1.86. The van der Waals surface area contributed by atoms with Gasteiger partial charge in [-0.2, -0.15) is 0 Å². The second-order valence-corrected chi connectivity index (χ2v) is 11.1. The van der Waals surface area contributed by atoms with Crippen LogP contribution in [-0.4, -0.2) is 0 Å². The van der Waals surface area contributed by atoms with Gasteiger partial charge in [0.2, 0.25) is 0 Å². The molecule has 186 valence electrons. The number of rotatable bonds is 5. The fourth-order valence-corrected chi connectivity index (χ4v) is 6.74. The van der Waals surface area contributed by atoms with Crippen LogP contribution >= 0.6 is 11.3 Å². The number of fused-ring (bicyclic) bond motifs is 3. The Morgan fingerprint density at radius 3 is 1.77 bits per heavy atom. The van der Waals surface area contributed by atoms with Crippen molar-refractivity contribution in [2.24, 2.45) is 0 Å². The number of benzene rings is 6. The van der Waals surface area contributed by atoms with Gasteiger partial charge >= 0.3 is 0 Å². The predicted octanol–water partition coefficient (Wildman–Crippen LogP) is 11.3. The third kappa shape index (κ3) is 4.46. The maximum Gasteiger partial charge on any atom is 0.0434 e. The fourth-order valence-electron chi connectivity index (χ4n) is 5.54. The predicted molar refractivity (Wildman–Crippen MR) is 170 cm³/mol. The highest BCUT2D eigenvalue weighted by Gasteiger charge is 2.15. The molecule has 0 spiro atoms. The molecule has 0 saturated carbocycles. The minimum atomic E-state index is 1.04. The summed E-state index contributed by atoms with van der Waals surface area (Å²) in [6, 6.07) is 51.1. The molecule has 0 radical (unpaired) electrons. The van der Waals surface area contributed by atoms with Crippen molar-refractivity contribution < 1.29 is 0 Å². The molecule has 7 aromatic rings. The van der Waals surface area contributed by atoms with E-state index in [2.05, 4.69) is 146 Å². The van der Waals surface area contributed by atoms with Crippen molar-refractivity contribution in [3.8, 4) is 44.5 Å². The molecule has 0 amide bonds. The van der Waals surface area contributed by atoms with Crippen molar-refractivity contribution in [3.05, 3.63) is 145 Å². The smallest absolute Gasteiger partial charge is 0.0434 e. The van der Waals surface area contributed by atoms with Crippen LogP contribution in [0.1, 0.15) is 12.5 Å². The molecule has 0 N–H and O–H groups in total. The van der Waals surface area contributed by atoms with Crippen molar-refractivity contribution in [2.45, 2.75) is 13.3 Å². The molecule has 0 unspecified atom stereocenters. The Morgan fingerprint density at radius 2 is 1.03 bits per heavy atom. The van der Waals surface area contributed by atoms with Crippen LogP contribution < -0.4 is 0 Å². The highest BCUT2D eigenvalue weighted by atomic mass is 32.1. The minimum absolute atomic E-state index is 1.04. The molecule has 1 aromatic heterocycles. The fraction of sp³-hybridized carbons (Fsp3) is 0.0526. The molecule has 6 aromatic carbocycles. The van der Waals surface area contributed by atoms with E-state index in [4.69, 9.17) is 0 Å². The average Bonchev–Trinajstić information content (AvgIpc) is 3.39. The molecule has 0 fully saturated rings. The zero-order valence-electron chi connectivity index (χ0n) is 21.9. The first kappa shape index (κ1) is 23.6. The maximum atomic E-state index is 2.39. The molecule has 0 bridgehead atoms. The van der Waals surface area contributed by atoms with Gasteiger partial charge in [0.05, 0.1) is 0 Å². The van der Waals surface area contributed by atoms with Gasteiger partial charge < -0.3 is 0 Å². The Morgan fingerprint density at radius 1 is 0.436 bits per heavy atom. The summed E-state index contributed by atoms with van der Waals surface area (Å²) in [6.45, 7) is 2.21. The Hall–Kier alpha value is -4.46. The zero-order chi connectivity index (χ0) is 26.2. The van der Waals surface area contributed by atoms with E-state index in [9.17, 15) is 0 Å². The number of thiophene rings is 1. The molecule has 0 saturated heterocycles. The Balaban J connectivity index is 1.47. The van der Waals surface area contributed by atoms with Crippen LogP contribution in [0.15, 0.2) is 140 Å². The highest BCUT2D eigenvalue weighted by Crippen LogP contribution is 2.44. The minimum Gasteiger partial charge on any atom is -0.135 e. The molecular weight excluding hydrogens is 488 g/mol. The normalized spacial score (nSPS) is 11.3. The standard InChI is InChI=1S/C38H28S/c1-2-26-11-9-16-29(21-26)30-17-10-18-32(22-30)34-24-33(28-14-7-4-8-15-28)25-36-35-23-31(27-12-5-3-6-13-27)19-20-37(35)39-38(34)36/h3-25H,2H2,1H3. The van der Waals surface area contributed by atoms with Gasteiger partial charge in [-0.3, -0.25) is 0 Å². The number of hydrogen-bond donors (Lipinski definition) is 0. The van der Waals surface area contributed by atoms with Crippen LogP contribution in [0.25, 0.3) is 64.7 Å². The molecular formula is C38H28S. The van der Waals surface area contributed by atoms with E-state index in [1.54, 1.807) is 0 Å². The van der Waals surface area contributed by atoms with Crippen molar-refractivity contribution in [3.63, 3.8) is 0 Å². The first-order valence-electron chi connectivity index (χ1n) is 13.6. The molecule has 0 nitrogen and oxygen atoms in total. The first-order chi connectivity index (χ1) is 19.3. The van der Waals surface area contributed by atoms with E-state index < -0.39 is 0 Å². The van der Waals surface area contributed by atoms with E-state index in [1.807, 2.05) is 11.3 Å². The van der Waals surface area contributed by atoms with Gasteiger partial charge in [-0.1, -0.05) is 116 Å². The van der Waals surface area contributed by atoms with E-state index in [1.165, 1.54) is 70.2 Å². The second kappa shape index (κ2) is 10.0. The Labute approximate surface area is 233 Å². The van der Waals surface area contributed by atoms with Crippen molar-refractivity contribution >= 4 is 31.5 Å². The van der Waals surface area contributed by atoms with Crippen LogP contribution in [-0.2, 0) is 6.42 Å². The van der Waals surface area contributed by atoms with Gasteiger partial charge in [-0.05, 0) is 81.3 Å². The Bertz CT molecular complexity index is 1930. The third-order valence-electron chi connectivity index (χ3n) is 7.63. The average molecular weight is 517 g/mol. The molecule has 7 rings (SSSR count). The van der Waals surface area contributed by atoms with Crippen molar-refractivity contribution in [2.75, 3.05) is 0 Å². The van der Waals surface area contributed by atoms with Gasteiger partial charge in [0, 0.05) is 25.7 Å². The van der Waals surface area contributed by atoms with Crippen LogP contribution in [0.3, 0.4) is 0 Å². The highest BCUT2D eigenvalue weighted by molar-refractivity contribution is 7.26.